The number of aromatic nitrogens is 2. The van der Waals surface area contributed by atoms with E-state index in [0.717, 1.165) is 55.6 Å². The summed E-state index contributed by atoms with van der Waals surface area (Å²) in [5.74, 6) is 0.716. The van der Waals surface area contributed by atoms with E-state index in [9.17, 15) is 0 Å². The van der Waals surface area contributed by atoms with Gasteiger partial charge in [-0.1, -0.05) is 121 Å². The van der Waals surface area contributed by atoms with Crippen molar-refractivity contribution in [3.05, 3.63) is 168 Å². The van der Waals surface area contributed by atoms with Gasteiger partial charge < -0.3 is 4.42 Å². The van der Waals surface area contributed by atoms with Crippen LogP contribution in [0.4, 0.5) is 0 Å². The van der Waals surface area contributed by atoms with Crippen LogP contribution < -0.4 is 0 Å². The number of hydrogen-bond acceptors (Lipinski definition) is 3. The first-order chi connectivity index (χ1) is 23.2. The minimum absolute atomic E-state index is 0.584. The van der Waals surface area contributed by atoms with Gasteiger partial charge in [-0.05, 0) is 75.5 Å². The van der Waals surface area contributed by atoms with E-state index in [1.54, 1.807) is 0 Å². The van der Waals surface area contributed by atoms with Crippen molar-refractivity contribution in [3.8, 4) is 33.8 Å². The van der Waals surface area contributed by atoms with E-state index in [1.165, 1.54) is 32.7 Å². The van der Waals surface area contributed by atoms with E-state index in [2.05, 4.69) is 134 Å². The van der Waals surface area contributed by atoms with Gasteiger partial charge in [0.2, 0.25) is 0 Å². The molecule has 7 aromatic carbocycles. The summed E-state index contributed by atoms with van der Waals surface area (Å²) in [5, 5.41) is 7.07. The third kappa shape index (κ3) is 4.84. The third-order valence-corrected chi connectivity index (χ3v) is 9.23. The van der Waals surface area contributed by atoms with Crippen molar-refractivity contribution in [2.24, 2.45) is 0 Å². The van der Waals surface area contributed by atoms with Gasteiger partial charge in [-0.2, -0.15) is 0 Å². The lowest BCUT2D eigenvalue weighted by Crippen LogP contribution is -2.01. The van der Waals surface area contributed by atoms with Crippen LogP contribution in [0.3, 0.4) is 0 Å². The number of rotatable bonds is 5. The van der Waals surface area contributed by atoms with Crippen LogP contribution in [0.25, 0.3) is 77.3 Å². The summed E-state index contributed by atoms with van der Waals surface area (Å²) in [6, 6.07) is 53.3. The number of hydrogen-bond donors (Lipinski definition) is 0. The van der Waals surface area contributed by atoms with Crippen molar-refractivity contribution >= 4 is 43.5 Å². The Balaban J connectivity index is 1.31. The molecular weight excluding hydrogens is 572 g/mol. The fraction of sp³-hybridized carbons (Fsp3) is 0.0455. The standard InChI is InChI=1S/C44H30N2O/c1-28-22-31-16-8-9-17-32(31)23-38(28)36-20-21-37-39-24-33-18-10-11-19-34(33)25-42(39)47-43(37)40(36)26-35-27-41(29-12-4-2-5-13-29)46-44(45-35)30-14-6-3-7-15-30/h2-25,27H,26H2,1H3. The van der Waals surface area contributed by atoms with Crippen LogP contribution in [0, 0.1) is 6.92 Å². The summed E-state index contributed by atoms with van der Waals surface area (Å²) >= 11 is 0. The van der Waals surface area contributed by atoms with Crippen LogP contribution in [-0.2, 0) is 6.42 Å². The molecule has 2 aromatic heterocycles. The van der Waals surface area contributed by atoms with Crippen LogP contribution in [0.1, 0.15) is 16.8 Å². The third-order valence-electron chi connectivity index (χ3n) is 9.23. The van der Waals surface area contributed by atoms with Crippen LogP contribution in [0.15, 0.2) is 156 Å². The number of furan rings is 1. The molecule has 0 aliphatic carbocycles. The van der Waals surface area contributed by atoms with Gasteiger partial charge in [-0.15, -0.1) is 0 Å². The van der Waals surface area contributed by atoms with Crippen molar-refractivity contribution < 1.29 is 4.42 Å². The maximum atomic E-state index is 6.84. The molecule has 47 heavy (non-hydrogen) atoms. The predicted octanol–water partition coefficient (Wildman–Crippen LogP) is 11.6. The van der Waals surface area contributed by atoms with Gasteiger partial charge in [0.25, 0.3) is 0 Å². The molecule has 3 heteroatoms. The van der Waals surface area contributed by atoms with E-state index < -0.39 is 0 Å². The first-order valence-corrected chi connectivity index (χ1v) is 16.0. The zero-order valence-electron chi connectivity index (χ0n) is 25.9. The Morgan fingerprint density at radius 3 is 1.85 bits per heavy atom. The molecule has 0 unspecified atom stereocenters. The summed E-state index contributed by atoms with van der Waals surface area (Å²) in [6.07, 6.45) is 0.584. The number of nitrogens with zero attached hydrogens (tertiary/aromatic N) is 2. The number of aryl methyl sites for hydroxylation is 1. The van der Waals surface area contributed by atoms with Gasteiger partial charge in [-0.25, -0.2) is 9.97 Å². The molecule has 0 fully saturated rings. The van der Waals surface area contributed by atoms with Gasteiger partial charge in [0.1, 0.15) is 11.2 Å². The van der Waals surface area contributed by atoms with Gasteiger partial charge in [0.15, 0.2) is 5.82 Å². The molecule has 0 aliphatic heterocycles. The van der Waals surface area contributed by atoms with Crippen molar-refractivity contribution in [2.45, 2.75) is 13.3 Å². The van der Waals surface area contributed by atoms with Crippen molar-refractivity contribution in [3.63, 3.8) is 0 Å². The first kappa shape index (κ1) is 27.3. The topological polar surface area (TPSA) is 38.9 Å². The molecule has 222 valence electrons. The summed E-state index contributed by atoms with van der Waals surface area (Å²) in [5.41, 5.74) is 10.4. The second-order valence-electron chi connectivity index (χ2n) is 12.3. The minimum atomic E-state index is 0.584. The maximum Gasteiger partial charge on any atom is 0.160 e. The summed E-state index contributed by atoms with van der Waals surface area (Å²) in [7, 11) is 0. The normalized spacial score (nSPS) is 11.6. The van der Waals surface area contributed by atoms with Gasteiger partial charge in [0, 0.05) is 39.6 Å². The fourth-order valence-electron chi connectivity index (χ4n) is 6.90. The molecule has 0 saturated carbocycles. The lowest BCUT2D eigenvalue weighted by molar-refractivity contribution is 0.664. The largest absolute Gasteiger partial charge is 0.456 e. The van der Waals surface area contributed by atoms with Crippen LogP contribution in [0.2, 0.25) is 0 Å². The Kier molecular flexibility index (Phi) is 6.43. The van der Waals surface area contributed by atoms with Crippen molar-refractivity contribution in [1.29, 1.82) is 0 Å². The lowest BCUT2D eigenvalue weighted by Gasteiger charge is -2.15. The van der Waals surface area contributed by atoms with E-state index in [0.29, 0.717) is 12.2 Å². The Morgan fingerprint density at radius 2 is 1.13 bits per heavy atom. The zero-order chi connectivity index (χ0) is 31.3. The Labute approximate surface area is 272 Å². The molecule has 0 spiro atoms. The average Bonchev–Trinajstić information content (AvgIpc) is 3.49. The van der Waals surface area contributed by atoms with Gasteiger partial charge in [0.05, 0.1) is 5.69 Å². The Bertz CT molecular complexity index is 2540. The smallest absolute Gasteiger partial charge is 0.160 e. The molecule has 0 saturated heterocycles. The zero-order valence-corrected chi connectivity index (χ0v) is 25.9. The maximum absolute atomic E-state index is 6.84. The second-order valence-corrected chi connectivity index (χ2v) is 12.3. The predicted molar refractivity (Wildman–Crippen MR) is 195 cm³/mol. The molecule has 9 aromatic rings. The highest BCUT2D eigenvalue weighted by molar-refractivity contribution is 6.12. The molecule has 9 rings (SSSR count). The Hall–Kier alpha value is -6.06. The molecular formula is C44H30N2O. The van der Waals surface area contributed by atoms with E-state index in [1.807, 2.05) is 24.3 Å². The highest BCUT2D eigenvalue weighted by Crippen LogP contribution is 2.41. The average molecular weight is 603 g/mol. The van der Waals surface area contributed by atoms with Crippen LogP contribution >= 0.6 is 0 Å². The number of fused-ring (bicyclic) bond motifs is 5. The molecule has 0 N–H and O–H groups in total. The lowest BCUT2D eigenvalue weighted by atomic mass is 9.90. The first-order valence-electron chi connectivity index (χ1n) is 16.0. The fourth-order valence-corrected chi connectivity index (χ4v) is 6.90. The summed E-state index contributed by atoms with van der Waals surface area (Å²) < 4.78 is 6.84. The van der Waals surface area contributed by atoms with Crippen molar-refractivity contribution in [2.75, 3.05) is 0 Å². The minimum Gasteiger partial charge on any atom is -0.456 e. The van der Waals surface area contributed by atoms with Gasteiger partial charge >= 0.3 is 0 Å². The molecule has 0 bridgehead atoms. The molecule has 2 heterocycles. The molecule has 3 nitrogen and oxygen atoms in total. The van der Waals surface area contributed by atoms with Crippen LogP contribution in [-0.4, -0.2) is 9.97 Å². The molecule has 0 atom stereocenters. The molecule has 0 aliphatic rings. The van der Waals surface area contributed by atoms with Crippen LogP contribution in [0.5, 0.6) is 0 Å². The Morgan fingerprint density at radius 1 is 0.511 bits per heavy atom. The highest BCUT2D eigenvalue weighted by atomic mass is 16.3. The summed E-state index contributed by atoms with van der Waals surface area (Å²) in [4.78, 5) is 10.2. The second kappa shape index (κ2) is 11.1. The van der Waals surface area contributed by atoms with E-state index >= 15 is 0 Å². The van der Waals surface area contributed by atoms with Gasteiger partial charge in [-0.3, -0.25) is 0 Å². The number of benzene rings is 7. The van der Waals surface area contributed by atoms with E-state index in [-0.39, 0.29) is 0 Å². The highest BCUT2D eigenvalue weighted by Gasteiger charge is 2.20. The summed E-state index contributed by atoms with van der Waals surface area (Å²) in [6.45, 7) is 2.20. The molecule has 0 radical (unpaired) electrons. The SMILES string of the molecule is Cc1cc2ccccc2cc1-c1ccc2c(oc3cc4ccccc4cc32)c1Cc1cc(-c2ccccc2)nc(-c2ccccc2)n1. The monoisotopic (exact) mass is 602 g/mol. The quantitative estimate of drug-likeness (QED) is 0.197. The van der Waals surface area contributed by atoms with Crippen molar-refractivity contribution in [1.82, 2.24) is 9.97 Å². The molecule has 0 amide bonds. The van der Waals surface area contributed by atoms with E-state index in [4.69, 9.17) is 14.4 Å².